The van der Waals surface area contributed by atoms with Crippen LogP contribution in [0.15, 0.2) is 18.3 Å². The van der Waals surface area contributed by atoms with E-state index in [1.807, 2.05) is 6.20 Å². The zero-order valence-electron chi connectivity index (χ0n) is 13.2. The van der Waals surface area contributed by atoms with Crippen LogP contribution in [0.2, 0.25) is 0 Å². The molecular formula is C18H28N2. The third-order valence-electron chi connectivity index (χ3n) is 5.78. The number of hydrogen-bond donors (Lipinski definition) is 1. The van der Waals surface area contributed by atoms with E-state index in [0.29, 0.717) is 17.4 Å². The Morgan fingerprint density at radius 2 is 2.15 bits per heavy atom. The molecule has 0 saturated heterocycles. The minimum absolute atomic E-state index is 0.472. The van der Waals surface area contributed by atoms with Gasteiger partial charge in [0.15, 0.2) is 0 Å². The number of pyridine rings is 1. The van der Waals surface area contributed by atoms with Crippen molar-refractivity contribution in [2.24, 2.45) is 11.3 Å². The average Bonchev–Trinajstić information content (AvgIpc) is 2.80. The lowest BCUT2D eigenvalue weighted by atomic mass is 9.70. The summed E-state index contributed by atoms with van der Waals surface area (Å²) in [5.41, 5.74) is 3.33. The van der Waals surface area contributed by atoms with E-state index < -0.39 is 0 Å². The molecule has 2 aliphatic rings. The maximum atomic E-state index is 4.75. The predicted octanol–water partition coefficient (Wildman–Crippen LogP) is 3.92. The van der Waals surface area contributed by atoms with E-state index in [1.54, 1.807) is 0 Å². The second kappa shape index (κ2) is 5.48. The lowest BCUT2D eigenvalue weighted by Gasteiger charge is -2.40. The quantitative estimate of drug-likeness (QED) is 0.902. The Morgan fingerprint density at radius 1 is 1.30 bits per heavy atom. The van der Waals surface area contributed by atoms with Crippen molar-refractivity contribution in [3.05, 3.63) is 29.6 Å². The van der Waals surface area contributed by atoms with Gasteiger partial charge in [-0.2, -0.15) is 0 Å². The van der Waals surface area contributed by atoms with Crippen LogP contribution in [0.3, 0.4) is 0 Å². The number of nitrogens with one attached hydrogen (secondary N) is 1. The Morgan fingerprint density at radius 3 is 2.85 bits per heavy atom. The Labute approximate surface area is 123 Å². The van der Waals surface area contributed by atoms with Crippen molar-refractivity contribution in [2.75, 3.05) is 7.05 Å². The van der Waals surface area contributed by atoms with Crippen LogP contribution in [0.1, 0.15) is 63.1 Å². The van der Waals surface area contributed by atoms with E-state index in [0.717, 1.165) is 5.92 Å². The van der Waals surface area contributed by atoms with Gasteiger partial charge < -0.3 is 5.32 Å². The lowest BCUT2D eigenvalue weighted by Crippen LogP contribution is -2.44. The van der Waals surface area contributed by atoms with Crippen molar-refractivity contribution in [1.29, 1.82) is 0 Å². The number of aryl methyl sites for hydroxylation is 1. The molecule has 0 radical (unpaired) electrons. The van der Waals surface area contributed by atoms with Crippen LogP contribution < -0.4 is 5.32 Å². The average molecular weight is 272 g/mol. The topological polar surface area (TPSA) is 24.9 Å². The molecule has 0 aromatic carbocycles. The molecule has 20 heavy (non-hydrogen) atoms. The number of nitrogens with zero attached hydrogens (tertiary/aromatic N) is 1. The van der Waals surface area contributed by atoms with Crippen molar-refractivity contribution >= 4 is 0 Å². The summed E-state index contributed by atoms with van der Waals surface area (Å²) >= 11 is 0. The Kier molecular flexibility index (Phi) is 3.85. The molecule has 1 aromatic heterocycles. The molecule has 3 rings (SSSR count). The molecule has 2 aliphatic carbocycles. The predicted molar refractivity (Wildman–Crippen MR) is 83.9 cm³/mol. The summed E-state index contributed by atoms with van der Waals surface area (Å²) in [6.07, 6.45) is 9.93. The summed E-state index contributed by atoms with van der Waals surface area (Å²) < 4.78 is 0. The van der Waals surface area contributed by atoms with Gasteiger partial charge in [-0.25, -0.2) is 0 Å². The van der Waals surface area contributed by atoms with Crippen LogP contribution in [-0.4, -0.2) is 18.1 Å². The van der Waals surface area contributed by atoms with Gasteiger partial charge in [0.1, 0.15) is 0 Å². The highest BCUT2D eigenvalue weighted by Crippen LogP contribution is 2.48. The second-order valence-electron chi connectivity index (χ2n) is 7.35. The first kappa shape index (κ1) is 14.1. The smallest absolute Gasteiger partial charge is 0.0482 e. The first-order valence-electron chi connectivity index (χ1n) is 8.24. The third kappa shape index (κ3) is 2.39. The molecule has 0 aliphatic heterocycles. The number of aromatic nitrogens is 1. The highest BCUT2D eigenvalue weighted by molar-refractivity contribution is 5.28. The van der Waals surface area contributed by atoms with Gasteiger partial charge in [-0.1, -0.05) is 26.3 Å². The van der Waals surface area contributed by atoms with Crippen LogP contribution in [0.4, 0.5) is 0 Å². The van der Waals surface area contributed by atoms with Gasteiger partial charge in [-0.05, 0) is 62.1 Å². The zero-order chi connectivity index (χ0) is 14.2. The van der Waals surface area contributed by atoms with Gasteiger partial charge in [0, 0.05) is 23.9 Å². The molecule has 2 nitrogen and oxygen atoms in total. The molecule has 1 fully saturated rings. The maximum absolute atomic E-state index is 4.75. The highest BCUT2D eigenvalue weighted by atomic mass is 14.9. The number of likely N-dealkylation sites (N-methyl/N-ethyl adjacent to an activating group) is 1. The van der Waals surface area contributed by atoms with Crippen molar-refractivity contribution < 1.29 is 0 Å². The van der Waals surface area contributed by atoms with E-state index in [9.17, 15) is 0 Å². The molecule has 3 atom stereocenters. The molecule has 1 heterocycles. The van der Waals surface area contributed by atoms with Gasteiger partial charge in [-0.15, -0.1) is 0 Å². The molecule has 1 saturated carbocycles. The number of fused-ring (bicyclic) bond motifs is 1. The van der Waals surface area contributed by atoms with Gasteiger partial charge in [0.05, 0.1) is 0 Å². The highest BCUT2D eigenvalue weighted by Gasteiger charge is 2.43. The SMILES string of the molecule is CNC(C1CCCc2cccnc21)C1CCCC1(C)C. The molecule has 110 valence electrons. The van der Waals surface area contributed by atoms with E-state index >= 15 is 0 Å². The molecule has 0 amide bonds. The fraction of sp³-hybridized carbons (Fsp3) is 0.722. The standard InChI is InChI=1S/C18H28N2/c1-18(2)11-5-10-15(18)17(19-3)14-9-4-7-13-8-6-12-20-16(13)14/h6,8,12,14-15,17,19H,4-5,7,9-11H2,1-3H3. The van der Waals surface area contributed by atoms with Crippen LogP contribution in [0.25, 0.3) is 0 Å². The Bertz CT molecular complexity index is 466. The summed E-state index contributed by atoms with van der Waals surface area (Å²) in [4.78, 5) is 4.75. The Balaban J connectivity index is 1.91. The lowest BCUT2D eigenvalue weighted by molar-refractivity contribution is 0.174. The molecule has 0 spiro atoms. The second-order valence-corrected chi connectivity index (χ2v) is 7.35. The first-order chi connectivity index (χ1) is 9.63. The van der Waals surface area contributed by atoms with Crippen molar-refractivity contribution in [1.82, 2.24) is 10.3 Å². The van der Waals surface area contributed by atoms with Crippen LogP contribution in [-0.2, 0) is 6.42 Å². The van der Waals surface area contributed by atoms with Gasteiger partial charge >= 0.3 is 0 Å². The van der Waals surface area contributed by atoms with Crippen LogP contribution >= 0.6 is 0 Å². The van der Waals surface area contributed by atoms with E-state index in [-0.39, 0.29) is 0 Å². The van der Waals surface area contributed by atoms with E-state index in [2.05, 4.69) is 38.3 Å². The van der Waals surface area contributed by atoms with Gasteiger partial charge in [0.2, 0.25) is 0 Å². The van der Waals surface area contributed by atoms with Crippen molar-refractivity contribution in [3.8, 4) is 0 Å². The van der Waals surface area contributed by atoms with Crippen LogP contribution in [0, 0.1) is 11.3 Å². The largest absolute Gasteiger partial charge is 0.316 e. The fourth-order valence-corrected chi connectivity index (χ4v) is 4.70. The molecule has 1 aromatic rings. The first-order valence-corrected chi connectivity index (χ1v) is 8.24. The van der Waals surface area contributed by atoms with Gasteiger partial charge in [0.25, 0.3) is 0 Å². The number of hydrogen-bond acceptors (Lipinski definition) is 2. The van der Waals surface area contributed by atoms with Gasteiger partial charge in [-0.3, -0.25) is 4.98 Å². The summed E-state index contributed by atoms with van der Waals surface area (Å²) in [7, 11) is 2.15. The molecule has 0 bridgehead atoms. The van der Waals surface area contributed by atoms with Crippen molar-refractivity contribution in [3.63, 3.8) is 0 Å². The zero-order valence-corrected chi connectivity index (χ0v) is 13.2. The fourth-order valence-electron chi connectivity index (χ4n) is 4.70. The molecule has 3 unspecified atom stereocenters. The summed E-state index contributed by atoms with van der Waals surface area (Å²) in [6, 6.07) is 4.96. The Hall–Kier alpha value is -0.890. The van der Waals surface area contributed by atoms with E-state index in [1.165, 1.54) is 49.8 Å². The molecule has 1 N–H and O–H groups in total. The monoisotopic (exact) mass is 272 g/mol. The normalized spacial score (nSPS) is 29.9. The third-order valence-corrected chi connectivity index (χ3v) is 5.78. The van der Waals surface area contributed by atoms with E-state index in [4.69, 9.17) is 4.98 Å². The maximum Gasteiger partial charge on any atom is 0.0482 e. The number of rotatable bonds is 3. The summed E-state index contributed by atoms with van der Waals surface area (Å²) in [5, 5.41) is 3.67. The minimum Gasteiger partial charge on any atom is -0.316 e. The summed E-state index contributed by atoms with van der Waals surface area (Å²) in [6.45, 7) is 4.91. The van der Waals surface area contributed by atoms with Crippen LogP contribution in [0.5, 0.6) is 0 Å². The molecule has 2 heteroatoms. The molecular weight excluding hydrogens is 244 g/mol. The van der Waals surface area contributed by atoms with Crippen molar-refractivity contribution in [2.45, 2.75) is 64.3 Å². The summed E-state index contributed by atoms with van der Waals surface area (Å²) in [5.74, 6) is 1.39. The minimum atomic E-state index is 0.472.